The molecule has 4 nitrogen and oxygen atoms in total. The first-order valence-electron chi connectivity index (χ1n) is 8.58. The van der Waals surface area contributed by atoms with Crippen molar-refractivity contribution in [2.24, 2.45) is 0 Å². The van der Waals surface area contributed by atoms with Crippen molar-refractivity contribution in [1.29, 1.82) is 0 Å². The second-order valence-electron chi connectivity index (χ2n) is 6.28. The Labute approximate surface area is 169 Å². The topological polar surface area (TPSA) is 38.8 Å². The molecule has 0 bridgehead atoms. The summed E-state index contributed by atoms with van der Waals surface area (Å²) in [6.45, 7) is 4.97. The van der Waals surface area contributed by atoms with E-state index in [0.29, 0.717) is 22.4 Å². The van der Waals surface area contributed by atoms with Crippen molar-refractivity contribution < 1.29 is 14.3 Å². The van der Waals surface area contributed by atoms with Crippen LogP contribution in [0.25, 0.3) is 6.08 Å². The number of thioether (sulfide) groups is 1. The molecular weight excluding hydrogens is 378 g/mol. The Morgan fingerprint density at radius 3 is 2.63 bits per heavy atom. The molecule has 0 N–H and O–H groups in total. The van der Waals surface area contributed by atoms with Crippen molar-refractivity contribution >= 4 is 40.3 Å². The molecule has 1 amide bonds. The molecule has 0 radical (unpaired) electrons. The van der Waals surface area contributed by atoms with E-state index in [0.717, 1.165) is 22.6 Å². The Balaban J connectivity index is 1.57. The van der Waals surface area contributed by atoms with Gasteiger partial charge in [0.25, 0.3) is 5.91 Å². The molecule has 0 atom stereocenters. The van der Waals surface area contributed by atoms with Gasteiger partial charge in [-0.1, -0.05) is 48.2 Å². The number of amides is 1. The Hall–Kier alpha value is -2.31. The average Bonchev–Trinajstić information content (AvgIpc) is 2.88. The monoisotopic (exact) mass is 399 g/mol. The van der Waals surface area contributed by atoms with Crippen LogP contribution in [-0.4, -0.2) is 35.4 Å². The highest BCUT2D eigenvalue weighted by atomic mass is 32.2. The van der Waals surface area contributed by atoms with Crippen molar-refractivity contribution in [3.05, 3.63) is 64.1 Å². The standard InChI is InChI=1S/C21H21NO3S2/c1-14-7-8-15(2)18(11-14)25-10-9-24-17-6-4-5-16(12-17)13-19-20(23)22(3)21(26)27-19/h4-8,11-13H,9-10H2,1-3H3/b19-13-. The molecule has 1 saturated heterocycles. The van der Waals surface area contributed by atoms with Gasteiger partial charge in [0, 0.05) is 7.05 Å². The fourth-order valence-corrected chi connectivity index (χ4v) is 3.74. The van der Waals surface area contributed by atoms with Crippen LogP contribution < -0.4 is 9.47 Å². The molecule has 27 heavy (non-hydrogen) atoms. The SMILES string of the molecule is Cc1ccc(C)c(OCCOc2cccc(/C=C3\SC(=S)N(C)C3=O)c2)c1. The van der Waals surface area contributed by atoms with Crippen LogP contribution in [0, 0.1) is 13.8 Å². The van der Waals surface area contributed by atoms with Crippen LogP contribution in [0.1, 0.15) is 16.7 Å². The predicted molar refractivity (Wildman–Crippen MR) is 114 cm³/mol. The summed E-state index contributed by atoms with van der Waals surface area (Å²) in [5.41, 5.74) is 3.18. The molecule has 3 rings (SSSR count). The van der Waals surface area contributed by atoms with Gasteiger partial charge in [0.2, 0.25) is 0 Å². The minimum Gasteiger partial charge on any atom is -0.490 e. The number of nitrogens with zero attached hydrogens (tertiary/aromatic N) is 1. The highest BCUT2D eigenvalue weighted by molar-refractivity contribution is 8.26. The van der Waals surface area contributed by atoms with Gasteiger partial charge in [-0.05, 0) is 54.8 Å². The number of carbonyl (C=O) groups excluding carboxylic acids is 1. The van der Waals surface area contributed by atoms with E-state index < -0.39 is 0 Å². The van der Waals surface area contributed by atoms with E-state index in [9.17, 15) is 4.79 Å². The maximum atomic E-state index is 12.1. The number of ether oxygens (including phenoxy) is 2. The zero-order chi connectivity index (χ0) is 19.4. The van der Waals surface area contributed by atoms with E-state index in [1.165, 1.54) is 22.2 Å². The summed E-state index contributed by atoms with van der Waals surface area (Å²) in [7, 11) is 1.69. The van der Waals surface area contributed by atoms with Gasteiger partial charge >= 0.3 is 0 Å². The van der Waals surface area contributed by atoms with Crippen LogP contribution in [0.5, 0.6) is 11.5 Å². The zero-order valence-corrected chi connectivity index (χ0v) is 17.2. The van der Waals surface area contributed by atoms with E-state index in [1.54, 1.807) is 7.05 Å². The lowest BCUT2D eigenvalue weighted by Crippen LogP contribution is -2.22. The fraction of sp³-hybridized carbons (Fsp3) is 0.238. The Bertz CT molecular complexity index is 908. The molecule has 1 aliphatic rings. The largest absolute Gasteiger partial charge is 0.490 e. The zero-order valence-electron chi connectivity index (χ0n) is 15.5. The number of aryl methyl sites for hydroxylation is 2. The Morgan fingerprint density at radius 1 is 1.11 bits per heavy atom. The molecule has 140 valence electrons. The highest BCUT2D eigenvalue weighted by Crippen LogP contribution is 2.31. The van der Waals surface area contributed by atoms with Gasteiger partial charge in [0.05, 0.1) is 4.91 Å². The number of hydrogen-bond acceptors (Lipinski definition) is 5. The van der Waals surface area contributed by atoms with Gasteiger partial charge in [-0.15, -0.1) is 0 Å². The van der Waals surface area contributed by atoms with Gasteiger partial charge in [0.1, 0.15) is 29.0 Å². The van der Waals surface area contributed by atoms with Crippen LogP contribution in [0.2, 0.25) is 0 Å². The lowest BCUT2D eigenvalue weighted by molar-refractivity contribution is -0.121. The van der Waals surface area contributed by atoms with Crippen molar-refractivity contribution in [2.75, 3.05) is 20.3 Å². The summed E-state index contributed by atoms with van der Waals surface area (Å²) in [4.78, 5) is 14.2. The molecule has 2 aromatic carbocycles. The minimum absolute atomic E-state index is 0.0711. The molecule has 1 fully saturated rings. The summed E-state index contributed by atoms with van der Waals surface area (Å²) in [6.07, 6.45) is 1.84. The van der Waals surface area contributed by atoms with E-state index in [2.05, 4.69) is 6.07 Å². The number of carbonyl (C=O) groups is 1. The smallest absolute Gasteiger partial charge is 0.265 e. The number of rotatable bonds is 6. The first kappa shape index (κ1) is 19.5. The third kappa shape index (κ3) is 4.90. The molecule has 0 aliphatic carbocycles. The summed E-state index contributed by atoms with van der Waals surface area (Å²) in [5.74, 6) is 1.55. The van der Waals surface area contributed by atoms with Crippen molar-refractivity contribution in [1.82, 2.24) is 4.90 Å². The predicted octanol–water partition coefficient (Wildman–Crippen LogP) is 4.59. The highest BCUT2D eigenvalue weighted by Gasteiger charge is 2.28. The molecular formula is C21H21NO3S2. The molecule has 6 heteroatoms. The van der Waals surface area contributed by atoms with Gasteiger partial charge in [-0.25, -0.2) is 0 Å². The van der Waals surface area contributed by atoms with E-state index in [1.807, 2.05) is 56.3 Å². The molecule has 1 heterocycles. The second-order valence-corrected chi connectivity index (χ2v) is 7.95. The van der Waals surface area contributed by atoms with Crippen LogP contribution in [-0.2, 0) is 4.79 Å². The summed E-state index contributed by atoms with van der Waals surface area (Å²) >= 11 is 6.47. The summed E-state index contributed by atoms with van der Waals surface area (Å²) < 4.78 is 12.2. The maximum Gasteiger partial charge on any atom is 0.265 e. The van der Waals surface area contributed by atoms with Crippen LogP contribution >= 0.6 is 24.0 Å². The summed E-state index contributed by atoms with van der Waals surface area (Å²) in [5, 5.41) is 0. The number of hydrogen-bond donors (Lipinski definition) is 0. The van der Waals surface area contributed by atoms with E-state index in [-0.39, 0.29) is 5.91 Å². The summed E-state index contributed by atoms with van der Waals surface area (Å²) in [6, 6.07) is 13.8. The van der Waals surface area contributed by atoms with Gasteiger partial charge in [0.15, 0.2) is 0 Å². The van der Waals surface area contributed by atoms with E-state index >= 15 is 0 Å². The number of likely N-dealkylation sites (N-methyl/N-ethyl adjacent to an activating group) is 1. The first-order chi connectivity index (χ1) is 12.9. The number of benzene rings is 2. The normalized spacial score (nSPS) is 15.5. The van der Waals surface area contributed by atoms with E-state index in [4.69, 9.17) is 21.7 Å². The molecule has 1 aliphatic heterocycles. The Kier molecular flexibility index (Phi) is 6.19. The third-order valence-corrected chi connectivity index (χ3v) is 5.58. The molecule has 2 aromatic rings. The van der Waals surface area contributed by atoms with Crippen LogP contribution in [0.4, 0.5) is 0 Å². The molecule has 0 spiro atoms. The third-order valence-electron chi connectivity index (χ3n) is 4.10. The molecule has 0 unspecified atom stereocenters. The fourth-order valence-electron chi connectivity index (χ4n) is 2.57. The van der Waals surface area contributed by atoms with Gasteiger partial charge < -0.3 is 9.47 Å². The lowest BCUT2D eigenvalue weighted by atomic mass is 10.1. The van der Waals surface area contributed by atoms with Crippen molar-refractivity contribution in [3.63, 3.8) is 0 Å². The Morgan fingerprint density at radius 2 is 1.89 bits per heavy atom. The van der Waals surface area contributed by atoms with Crippen LogP contribution in [0.3, 0.4) is 0 Å². The quantitative estimate of drug-likeness (QED) is 0.403. The average molecular weight is 400 g/mol. The second kappa shape index (κ2) is 8.59. The molecule has 0 saturated carbocycles. The van der Waals surface area contributed by atoms with Crippen molar-refractivity contribution in [2.45, 2.75) is 13.8 Å². The molecule has 0 aromatic heterocycles. The lowest BCUT2D eigenvalue weighted by Gasteiger charge is -2.11. The minimum atomic E-state index is -0.0711. The maximum absolute atomic E-state index is 12.1. The number of thiocarbonyl (C=S) groups is 1. The van der Waals surface area contributed by atoms with Crippen molar-refractivity contribution in [3.8, 4) is 11.5 Å². The van der Waals surface area contributed by atoms with Gasteiger partial charge in [-0.3, -0.25) is 9.69 Å². The van der Waals surface area contributed by atoms with Gasteiger partial charge in [-0.2, -0.15) is 0 Å². The first-order valence-corrected chi connectivity index (χ1v) is 9.81. The van der Waals surface area contributed by atoms with Crippen LogP contribution in [0.15, 0.2) is 47.4 Å².